The summed E-state index contributed by atoms with van der Waals surface area (Å²) in [6.45, 7) is 6.25. The first-order valence-electron chi connectivity index (χ1n) is 4.13. The molecular weight excluding hydrogens is 190 g/mol. The molecule has 0 aromatic carbocycles. The standard InChI is InChI=1S/C8H17NO3S/c1-6(2)5-13(11,12)8(3,4)7(9)10/h6H,5H2,1-4H3,(H2,9,10). The Morgan fingerprint density at radius 1 is 1.38 bits per heavy atom. The van der Waals surface area contributed by atoms with Crippen LogP contribution in [0.1, 0.15) is 27.7 Å². The van der Waals surface area contributed by atoms with E-state index in [-0.39, 0.29) is 11.7 Å². The second kappa shape index (κ2) is 3.65. The van der Waals surface area contributed by atoms with Crippen molar-refractivity contribution in [2.45, 2.75) is 32.4 Å². The average molecular weight is 207 g/mol. The van der Waals surface area contributed by atoms with Gasteiger partial charge in [-0.25, -0.2) is 8.42 Å². The maximum absolute atomic E-state index is 11.6. The fourth-order valence-corrected chi connectivity index (χ4v) is 2.40. The highest BCUT2D eigenvalue weighted by atomic mass is 32.2. The maximum atomic E-state index is 11.6. The first-order chi connectivity index (χ1) is 5.61. The number of hydrogen-bond donors (Lipinski definition) is 1. The van der Waals surface area contributed by atoms with Gasteiger partial charge in [0.2, 0.25) is 5.91 Å². The van der Waals surface area contributed by atoms with E-state index in [0.717, 1.165) is 0 Å². The predicted molar refractivity (Wildman–Crippen MR) is 51.9 cm³/mol. The summed E-state index contributed by atoms with van der Waals surface area (Å²) in [6, 6.07) is 0. The molecule has 0 aliphatic carbocycles. The summed E-state index contributed by atoms with van der Waals surface area (Å²) in [7, 11) is -3.43. The molecule has 0 rings (SSSR count). The Kier molecular flexibility index (Phi) is 3.49. The van der Waals surface area contributed by atoms with E-state index in [4.69, 9.17) is 5.73 Å². The molecule has 0 aliphatic heterocycles. The number of primary amides is 1. The van der Waals surface area contributed by atoms with Gasteiger partial charge < -0.3 is 5.73 Å². The van der Waals surface area contributed by atoms with Crippen molar-refractivity contribution in [3.05, 3.63) is 0 Å². The molecule has 0 saturated heterocycles. The molecule has 0 heterocycles. The van der Waals surface area contributed by atoms with Gasteiger partial charge in [-0.15, -0.1) is 0 Å². The predicted octanol–water partition coefficient (Wildman–Crippen LogP) is 0.321. The third kappa shape index (κ3) is 2.69. The summed E-state index contributed by atoms with van der Waals surface area (Å²) in [6.07, 6.45) is 0. The lowest BCUT2D eigenvalue weighted by Crippen LogP contribution is -2.47. The Morgan fingerprint density at radius 2 is 1.77 bits per heavy atom. The SMILES string of the molecule is CC(C)CS(=O)(=O)C(C)(C)C(N)=O. The van der Waals surface area contributed by atoms with Crippen molar-refractivity contribution in [2.24, 2.45) is 11.7 Å². The van der Waals surface area contributed by atoms with Crippen LogP contribution in [0, 0.1) is 5.92 Å². The first-order valence-corrected chi connectivity index (χ1v) is 5.78. The molecule has 0 aromatic rings. The van der Waals surface area contributed by atoms with E-state index < -0.39 is 20.5 Å². The molecular formula is C8H17NO3S. The summed E-state index contributed by atoms with van der Waals surface area (Å²) in [5.41, 5.74) is 5.01. The summed E-state index contributed by atoms with van der Waals surface area (Å²) >= 11 is 0. The zero-order valence-corrected chi connectivity index (χ0v) is 9.31. The Hall–Kier alpha value is -0.580. The number of rotatable bonds is 4. The second-order valence-corrected chi connectivity index (χ2v) is 6.63. The number of hydrogen-bond acceptors (Lipinski definition) is 3. The molecule has 0 aromatic heterocycles. The van der Waals surface area contributed by atoms with E-state index >= 15 is 0 Å². The molecule has 0 aliphatic rings. The smallest absolute Gasteiger partial charge is 0.238 e. The Morgan fingerprint density at radius 3 is 2.00 bits per heavy atom. The fourth-order valence-electron chi connectivity index (χ4n) is 0.800. The number of carbonyl (C=O) groups excluding carboxylic acids is 1. The zero-order valence-electron chi connectivity index (χ0n) is 8.49. The van der Waals surface area contributed by atoms with E-state index in [2.05, 4.69) is 0 Å². The molecule has 2 N–H and O–H groups in total. The third-order valence-electron chi connectivity index (χ3n) is 1.92. The van der Waals surface area contributed by atoms with Crippen LogP contribution < -0.4 is 5.73 Å². The van der Waals surface area contributed by atoms with Crippen LogP contribution in [0.25, 0.3) is 0 Å². The summed E-state index contributed by atoms with van der Waals surface area (Å²) < 4.78 is 21.7. The van der Waals surface area contributed by atoms with E-state index in [1.807, 2.05) is 0 Å². The van der Waals surface area contributed by atoms with Gasteiger partial charge in [-0.05, 0) is 19.8 Å². The van der Waals surface area contributed by atoms with Crippen LogP contribution in [-0.4, -0.2) is 24.8 Å². The van der Waals surface area contributed by atoms with Gasteiger partial charge in [0.25, 0.3) is 0 Å². The lowest BCUT2D eigenvalue weighted by atomic mass is 10.2. The molecule has 4 nitrogen and oxygen atoms in total. The lowest BCUT2D eigenvalue weighted by molar-refractivity contribution is -0.119. The molecule has 78 valence electrons. The highest BCUT2D eigenvalue weighted by Gasteiger charge is 2.39. The molecule has 1 amide bonds. The van der Waals surface area contributed by atoms with Crippen LogP contribution >= 0.6 is 0 Å². The van der Waals surface area contributed by atoms with Crippen molar-refractivity contribution in [1.82, 2.24) is 0 Å². The largest absolute Gasteiger partial charge is 0.368 e. The molecule has 13 heavy (non-hydrogen) atoms. The summed E-state index contributed by atoms with van der Waals surface area (Å²) in [5.74, 6) is -0.806. The highest BCUT2D eigenvalue weighted by molar-refractivity contribution is 7.93. The quantitative estimate of drug-likeness (QED) is 0.721. The minimum absolute atomic E-state index is 0.00336. The number of sulfone groups is 1. The highest BCUT2D eigenvalue weighted by Crippen LogP contribution is 2.18. The third-order valence-corrected chi connectivity index (χ3v) is 4.79. The van der Waals surface area contributed by atoms with Crippen LogP contribution in [0.5, 0.6) is 0 Å². The van der Waals surface area contributed by atoms with Crippen molar-refractivity contribution in [2.75, 3.05) is 5.75 Å². The minimum Gasteiger partial charge on any atom is -0.368 e. The van der Waals surface area contributed by atoms with Gasteiger partial charge in [0, 0.05) is 0 Å². The van der Waals surface area contributed by atoms with Crippen LogP contribution in [0.3, 0.4) is 0 Å². The van der Waals surface area contributed by atoms with Crippen LogP contribution in [0.4, 0.5) is 0 Å². The van der Waals surface area contributed by atoms with Gasteiger partial charge in [0.1, 0.15) is 4.75 Å². The monoisotopic (exact) mass is 207 g/mol. The van der Waals surface area contributed by atoms with E-state index in [9.17, 15) is 13.2 Å². The number of carbonyl (C=O) groups is 1. The van der Waals surface area contributed by atoms with Gasteiger partial charge in [0.15, 0.2) is 9.84 Å². The number of amides is 1. The maximum Gasteiger partial charge on any atom is 0.238 e. The Labute approximate surface area is 79.4 Å². The summed E-state index contributed by atoms with van der Waals surface area (Å²) in [5, 5.41) is 0. The summed E-state index contributed by atoms with van der Waals surface area (Å²) in [4.78, 5) is 10.9. The topological polar surface area (TPSA) is 77.2 Å². The van der Waals surface area contributed by atoms with E-state index in [1.54, 1.807) is 13.8 Å². The molecule has 0 saturated carbocycles. The van der Waals surface area contributed by atoms with Crippen LogP contribution in [0.2, 0.25) is 0 Å². The second-order valence-electron chi connectivity index (χ2n) is 4.05. The van der Waals surface area contributed by atoms with Crippen LogP contribution in [0.15, 0.2) is 0 Å². The molecule has 0 atom stereocenters. The zero-order chi connectivity index (χ0) is 10.9. The van der Waals surface area contributed by atoms with E-state index in [0.29, 0.717) is 0 Å². The van der Waals surface area contributed by atoms with Gasteiger partial charge >= 0.3 is 0 Å². The van der Waals surface area contributed by atoms with E-state index in [1.165, 1.54) is 13.8 Å². The first kappa shape index (κ1) is 12.4. The van der Waals surface area contributed by atoms with Gasteiger partial charge in [-0.3, -0.25) is 4.79 Å². The lowest BCUT2D eigenvalue weighted by Gasteiger charge is -2.21. The van der Waals surface area contributed by atoms with Crippen molar-refractivity contribution in [1.29, 1.82) is 0 Å². The number of nitrogens with two attached hydrogens (primary N) is 1. The Bertz CT molecular complexity index is 291. The molecule has 0 fully saturated rings. The van der Waals surface area contributed by atoms with Crippen molar-refractivity contribution in [3.8, 4) is 0 Å². The average Bonchev–Trinajstić information content (AvgIpc) is 1.83. The molecule has 0 unspecified atom stereocenters. The molecule has 0 bridgehead atoms. The molecule has 0 radical (unpaired) electrons. The fraction of sp³-hybridized carbons (Fsp3) is 0.875. The molecule has 0 spiro atoms. The van der Waals surface area contributed by atoms with Crippen molar-refractivity contribution < 1.29 is 13.2 Å². The van der Waals surface area contributed by atoms with Crippen molar-refractivity contribution in [3.63, 3.8) is 0 Å². The van der Waals surface area contributed by atoms with Gasteiger partial charge in [-0.2, -0.15) is 0 Å². The van der Waals surface area contributed by atoms with Gasteiger partial charge in [-0.1, -0.05) is 13.8 Å². The Balaban J connectivity index is 4.95. The van der Waals surface area contributed by atoms with Gasteiger partial charge in [0.05, 0.1) is 5.75 Å². The van der Waals surface area contributed by atoms with Crippen LogP contribution in [-0.2, 0) is 14.6 Å². The minimum atomic E-state index is -3.43. The molecule has 5 heteroatoms. The normalized spacial score (nSPS) is 13.3. The van der Waals surface area contributed by atoms with Crippen molar-refractivity contribution >= 4 is 15.7 Å².